The van der Waals surface area contributed by atoms with Gasteiger partial charge in [0.2, 0.25) is 0 Å². The highest BCUT2D eigenvalue weighted by atomic mass is 15.1. The van der Waals surface area contributed by atoms with Crippen LogP contribution in [0.4, 0.5) is 34.1 Å². The standard InChI is InChI=1S/C39H32N2/c1-3-31-13-11-19-39(29-31)41(35-16-8-5-9-17-35)37-26-22-33(23-27-37)32-20-24-36(25-21-32)40(34-14-6-4-7-15-34)38-18-10-12-30(2)28-38/h3-29H,1H2,2H3. The Balaban J connectivity index is 1.32. The van der Waals surface area contributed by atoms with Crippen molar-refractivity contribution >= 4 is 40.2 Å². The molecule has 0 aromatic heterocycles. The summed E-state index contributed by atoms with van der Waals surface area (Å²) in [4.78, 5) is 4.58. The lowest BCUT2D eigenvalue weighted by atomic mass is 10.0. The molecule has 2 nitrogen and oxygen atoms in total. The van der Waals surface area contributed by atoms with Gasteiger partial charge in [0.05, 0.1) is 0 Å². The van der Waals surface area contributed by atoms with Gasteiger partial charge in [0.25, 0.3) is 0 Å². The molecule has 198 valence electrons. The molecule has 0 saturated carbocycles. The Hall–Kier alpha value is -5.34. The highest BCUT2D eigenvalue weighted by molar-refractivity contribution is 5.81. The average Bonchev–Trinajstić information content (AvgIpc) is 3.03. The first-order chi connectivity index (χ1) is 20.2. The molecule has 6 aromatic carbocycles. The van der Waals surface area contributed by atoms with Crippen LogP contribution >= 0.6 is 0 Å². The summed E-state index contributed by atoms with van der Waals surface area (Å²) in [7, 11) is 0. The summed E-state index contributed by atoms with van der Waals surface area (Å²) in [6.45, 7) is 6.09. The van der Waals surface area contributed by atoms with E-state index in [4.69, 9.17) is 0 Å². The van der Waals surface area contributed by atoms with Crippen LogP contribution in [0.1, 0.15) is 11.1 Å². The van der Waals surface area contributed by atoms with Gasteiger partial charge in [-0.1, -0.05) is 97.6 Å². The van der Waals surface area contributed by atoms with E-state index in [0.717, 1.165) is 39.7 Å². The van der Waals surface area contributed by atoms with E-state index in [2.05, 4.69) is 175 Å². The second-order valence-corrected chi connectivity index (χ2v) is 10.1. The summed E-state index contributed by atoms with van der Waals surface area (Å²) in [6, 6.07) is 55.7. The zero-order valence-electron chi connectivity index (χ0n) is 23.2. The van der Waals surface area contributed by atoms with Crippen molar-refractivity contribution in [3.63, 3.8) is 0 Å². The Morgan fingerprint density at radius 3 is 1.29 bits per heavy atom. The molecule has 2 heteroatoms. The van der Waals surface area contributed by atoms with Crippen LogP contribution in [0.2, 0.25) is 0 Å². The third-order valence-electron chi connectivity index (χ3n) is 7.24. The molecule has 0 aliphatic carbocycles. The Bertz CT molecular complexity index is 1740. The van der Waals surface area contributed by atoms with E-state index >= 15 is 0 Å². The minimum Gasteiger partial charge on any atom is -0.310 e. The molecule has 0 saturated heterocycles. The Morgan fingerprint density at radius 1 is 0.415 bits per heavy atom. The fourth-order valence-electron chi connectivity index (χ4n) is 5.21. The van der Waals surface area contributed by atoms with Crippen molar-refractivity contribution in [2.45, 2.75) is 6.92 Å². The number of hydrogen-bond acceptors (Lipinski definition) is 2. The number of hydrogen-bond donors (Lipinski definition) is 0. The Morgan fingerprint density at radius 2 is 0.829 bits per heavy atom. The number of nitrogens with zero attached hydrogens (tertiary/aromatic N) is 2. The third kappa shape index (κ3) is 5.68. The first kappa shape index (κ1) is 25.9. The van der Waals surface area contributed by atoms with Crippen LogP contribution in [-0.4, -0.2) is 0 Å². The number of benzene rings is 6. The maximum atomic E-state index is 3.96. The van der Waals surface area contributed by atoms with Crippen LogP contribution in [0.5, 0.6) is 0 Å². The first-order valence-corrected chi connectivity index (χ1v) is 13.9. The normalized spacial score (nSPS) is 10.7. The molecule has 0 heterocycles. The van der Waals surface area contributed by atoms with Crippen molar-refractivity contribution in [2.24, 2.45) is 0 Å². The van der Waals surface area contributed by atoms with Gasteiger partial charge in [0.15, 0.2) is 0 Å². The van der Waals surface area contributed by atoms with Crippen LogP contribution in [0.3, 0.4) is 0 Å². The molecule has 0 spiro atoms. The molecule has 41 heavy (non-hydrogen) atoms. The predicted molar refractivity (Wildman–Crippen MR) is 176 cm³/mol. The van der Waals surface area contributed by atoms with Gasteiger partial charge in [-0.2, -0.15) is 0 Å². The van der Waals surface area contributed by atoms with Crippen molar-refractivity contribution in [2.75, 3.05) is 9.80 Å². The quantitative estimate of drug-likeness (QED) is 0.194. The number of para-hydroxylation sites is 2. The van der Waals surface area contributed by atoms with Gasteiger partial charge in [-0.05, 0) is 102 Å². The van der Waals surface area contributed by atoms with Crippen LogP contribution < -0.4 is 9.80 Å². The van der Waals surface area contributed by atoms with Gasteiger partial charge in [-0.3, -0.25) is 0 Å². The molecule has 0 unspecified atom stereocenters. The second-order valence-electron chi connectivity index (χ2n) is 10.1. The predicted octanol–water partition coefficient (Wildman–Crippen LogP) is 11.2. The minimum atomic E-state index is 1.09. The van der Waals surface area contributed by atoms with Gasteiger partial charge < -0.3 is 9.80 Å². The van der Waals surface area contributed by atoms with E-state index in [-0.39, 0.29) is 0 Å². The molecule has 0 fully saturated rings. The summed E-state index contributed by atoms with van der Waals surface area (Å²) in [5, 5.41) is 0. The molecule has 0 bridgehead atoms. The van der Waals surface area contributed by atoms with Gasteiger partial charge >= 0.3 is 0 Å². The summed E-state index contributed by atoms with van der Waals surface area (Å²) in [5.41, 5.74) is 11.4. The number of rotatable bonds is 8. The average molecular weight is 529 g/mol. The van der Waals surface area contributed by atoms with Crippen LogP contribution in [-0.2, 0) is 0 Å². The molecule has 0 amide bonds. The maximum Gasteiger partial charge on any atom is 0.0467 e. The molecule has 0 radical (unpaired) electrons. The highest BCUT2D eigenvalue weighted by Crippen LogP contribution is 2.38. The molecule has 0 aliphatic rings. The summed E-state index contributed by atoms with van der Waals surface area (Å²) in [6.07, 6.45) is 1.89. The Labute approximate surface area is 243 Å². The van der Waals surface area contributed by atoms with Crippen molar-refractivity contribution in [1.82, 2.24) is 0 Å². The number of anilines is 6. The smallest absolute Gasteiger partial charge is 0.0467 e. The third-order valence-corrected chi connectivity index (χ3v) is 7.24. The highest BCUT2D eigenvalue weighted by Gasteiger charge is 2.14. The van der Waals surface area contributed by atoms with Crippen LogP contribution in [0.15, 0.2) is 164 Å². The van der Waals surface area contributed by atoms with E-state index in [9.17, 15) is 0 Å². The Kier molecular flexibility index (Phi) is 7.46. The van der Waals surface area contributed by atoms with Crippen LogP contribution in [0.25, 0.3) is 17.2 Å². The monoisotopic (exact) mass is 528 g/mol. The van der Waals surface area contributed by atoms with Gasteiger partial charge in [-0.15, -0.1) is 0 Å². The first-order valence-electron chi connectivity index (χ1n) is 13.9. The summed E-state index contributed by atoms with van der Waals surface area (Å²) in [5.74, 6) is 0. The van der Waals surface area contributed by atoms with Gasteiger partial charge in [0.1, 0.15) is 0 Å². The molecule has 0 N–H and O–H groups in total. The fourth-order valence-corrected chi connectivity index (χ4v) is 5.21. The van der Waals surface area contributed by atoms with E-state index < -0.39 is 0 Å². The largest absolute Gasteiger partial charge is 0.310 e. The van der Waals surface area contributed by atoms with Crippen molar-refractivity contribution in [3.05, 3.63) is 175 Å². The van der Waals surface area contributed by atoms with E-state index in [1.54, 1.807) is 0 Å². The lowest BCUT2D eigenvalue weighted by molar-refractivity contribution is 1.27. The molecule has 6 rings (SSSR count). The van der Waals surface area contributed by atoms with E-state index in [1.165, 1.54) is 16.7 Å². The SMILES string of the molecule is C=Cc1cccc(N(c2ccccc2)c2ccc(-c3ccc(N(c4ccccc4)c4cccc(C)c4)cc3)cc2)c1. The lowest BCUT2D eigenvalue weighted by Gasteiger charge is -2.26. The second kappa shape index (κ2) is 11.8. The van der Waals surface area contributed by atoms with Crippen LogP contribution in [0, 0.1) is 6.92 Å². The molecular weight excluding hydrogens is 496 g/mol. The zero-order valence-corrected chi connectivity index (χ0v) is 23.2. The minimum absolute atomic E-state index is 1.09. The van der Waals surface area contributed by atoms with Crippen molar-refractivity contribution < 1.29 is 0 Å². The van der Waals surface area contributed by atoms with Gasteiger partial charge in [0, 0.05) is 34.1 Å². The van der Waals surface area contributed by atoms with E-state index in [0.29, 0.717) is 0 Å². The molecule has 0 aliphatic heterocycles. The lowest BCUT2D eigenvalue weighted by Crippen LogP contribution is -2.10. The topological polar surface area (TPSA) is 6.48 Å². The number of aryl methyl sites for hydroxylation is 1. The van der Waals surface area contributed by atoms with Crippen molar-refractivity contribution in [1.29, 1.82) is 0 Å². The van der Waals surface area contributed by atoms with Crippen molar-refractivity contribution in [3.8, 4) is 11.1 Å². The maximum absolute atomic E-state index is 3.96. The molecule has 0 atom stereocenters. The van der Waals surface area contributed by atoms with Gasteiger partial charge in [-0.25, -0.2) is 0 Å². The van der Waals surface area contributed by atoms with E-state index in [1.807, 2.05) is 12.1 Å². The molecule has 6 aromatic rings. The fraction of sp³-hybridized carbons (Fsp3) is 0.0256. The summed E-state index contributed by atoms with van der Waals surface area (Å²) >= 11 is 0. The zero-order chi connectivity index (χ0) is 28.0. The summed E-state index contributed by atoms with van der Waals surface area (Å²) < 4.78 is 0. The molecular formula is C39H32N2.